The predicted octanol–water partition coefficient (Wildman–Crippen LogP) is 3.89. The molecule has 0 aliphatic carbocycles. The standard InChI is InChI=1S/C23H18N4O4/c28-26-20-13-23(21-11-16-3-2-8-27(16)15-25-21)31-22-6-5-17(12-19(20)22)29-9-10-30-18-4-1-7-24-14-18/h1-8,11-15,28H,9-10H2/b26-20-. The van der Waals surface area contributed by atoms with Gasteiger partial charge in [0.15, 0.2) is 5.76 Å². The van der Waals surface area contributed by atoms with E-state index in [1.165, 1.54) is 0 Å². The molecule has 5 rings (SSSR count). The quantitative estimate of drug-likeness (QED) is 0.257. The van der Waals surface area contributed by atoms with Gasteiger partial charge in [-0.25, -0.2) is 4.98 Å². The molecule has 154 valence electrons. The Hall–Kier alpha value is -4.33. The second-order valence-electron chi connectivity index (χ2n) is 6.75. The van der Waals surface area contributed by atoms with Crippen LogP contribution in [0.2, 0.25) is 0 Å². The maximum absolute atomic E-state index is 9.57. The van der Waals surface area contributed by atoms with Gasteiger partial charge in [0, 0.05) is 24.0 Å². The minimum atomic E-state index is 0.350. The second kappa shape index (κ2) is 8.19. The molecule has 4 aromatic heterocycles. The van der Waals surface area contributed by atoms with Gasteiger partial charge in [-0.2, -0.15) is 0 Å². The normalized spacial score (nSPS) is 11.8. The van der Waals surface area contributed by atoms with Crippen molar-refractivity contribution in [3.8, 4) is 23.0 Å². The van der Waals surface area contributed by atoms with Crippen molar-refractivity contribution in [1.82, 2.24) is 14.4 Å². The van der Waals surface area contributed by atoms with Crippen LogP contribution in [0.3, 0.4) is 0 Å². The Balaban J connectivity index is 1.38. The molecule has 0 aliphatic rings. The highest BCUT2D eigenvalue weighted by Gasteiger charge is 2.10. The molecule has 0 amide bonds. The molecule has 0 unspecified atom stereocenters. The van der Waals surface area contributed by atoms with Crippen molar-refractivity contribution in [3.63, 3.8) is 0 Å². The molecule has 0 fully saturated rings. The summed E-state index contributed by atoms with van der Waals surface area (Å²) < 4.78 is 19.3. The van der Waals surface area contributed by atoms with Gasteiger partial charge in [0.25, 0.3) is 0 Å². The smallest absolute Gasteiger partial charge is 0.155 e. The van der Waals surface area contributed by atoms with Crippen molar-refractivity contribution >= 4 is 16.5 Å². The van der Waals surface area contributed by atoms with E-state index in [1.54, 1.807) is 43.0 Å². The van der Waals surface area contributed by atoms with Gasteiger partial charge < -0.3 is 23.5 Å². The molecule has 0 saturated heterocycles. The molecule has 0 radical (unpaired) electrons. The molecule has 0 saturated carbocycles. The number of ether oxygens (including phenoxy) is 2. The molecular formula is C23H18N4O4. The van der Waals surface area contributed by atoms with Crippen molar-refractivity contribution in [2.75, 3.05) is 13.2 Å². The summed E-state index contributed by atoms with van der Waals surface area (Å²) in [4.78, 5) is 8.43. The maximum Gasteiger partial charge on any atom is 0.155 e. The third-order valence-corrected chi connectivity index (χ3v) is 4.75. The van der Waals surface area contributed by atoms with Gasteiger partial charge in [0.05, 0.1) is 17.9 Å². The molecule has 5 aromatic rings. The monoisotopic (exact) mass is 414 g/mol. The summed E-state index contributed by atoms with van der Waals surface area (Å²) in [6.45, 7) is 0.723. The molecule has 0 atom stereocenters. The Kier molecular flexibility index (Phi) is 4.94. The number of nitrogens with zero attached hydrogens (tertiary/aromatic N) is 4. The first-order valence-corrected chi connectivity index (χ1v) is 9.65. The minimum absolute atomic E-state index is 0.350. The summed E-state index contributed by atoms with van der Waals surface area (Å²) in [5.41, 5.74) is 2.19. The van der Waals surface area contributed by atoms with Gasteiger partial charge in [-0.05, 0) is 48.5 Å². The molecule has 4 heterocycles. The SMILES string of the molecule is O/N=c1/cc(-c2cc3cccn3cn2)oc2ccc(OCCOc3cccnc3)cc12. The molecule has 8 nitrogen and oxygen atoms in total. The molecule has 31 heavy (non-hydrogen) atoms. The summed E-state index contributed by atoms with van der Waals surface area (Å²) in [6.07, 6.45) is 6.97. The first-order chi connectivity index (χ1) is 15.3. The summed E-state index contributed by atoms with van der Waals surface area (Å²) in [5.74, 6) is 1.80. The van der Waals surface area contributed by atoms with E-state index in [9.17, 15) is 5.21 Å². The number of fused-ring (bicyclic) bond motifs is 2. The zero-order chi connectivity index (χ0) is 21.0. The van der Waals surface area contributed by atoms with Gasteiger partial charge in [0.1, 0.15) is 41.3 Å². The molecule has 8 heteroatoms. The second-order valence-corrected chi connectivity index (χ2v) is 6.75. The van der Waals surface area contributed by atoms with Crippen molar-refractivity contribution in [2.24, 2.45) is 5.16 Å². The van der Waals surface area contributed by atoms with Crippen molar-refractivity contribution in [1.29, 1.82) is 0 Å². The van der Waals surface area contributed by atoms with Crippen LogP contribution < -0.4 is 14.8 Å². The van der Waals surface area contributed by atoms with Gasteiger partial charge in [-0.1, -0.05) is 5.16 Å². The van der Waals surface area contributed by atoms with Crippen LogP contribution in [0.15, 0.2) is 89.1 Å². The van der Waals surface area contributed by atoms with E-state index in [4.69, 9.17) is 13.9 Å². The fourth-order valence-electron chi connectivity index (χ4n) is 3.27. The summed E-state index contributed by atoms with van der Waals surface area (Å²) in [7, 11) is 0. The third kappa shape index (κ3) is 3.91. The Morgan fingerprint density at radius 3 is 2.74 bits per heavy atom. The number of pyridine rings is 1. The topological polar surface area (TPSA) is 94.4 Å². The highest BCUT2D eigenvalue weighted by molar-refractivity contribution is 5.80. The first-order valence-electron chi connectivity index (χ1n) is 9.65. The molecule has 0 bridgehead atoms. The Morgan fingerprint density at radius 1 is 1.00 bits per heavy atom. The van der Waals surface area contributed by atoms with Crippen LogP contribution in [0.25, 0.3) is 27.9 Å². The average Bonchev–Trinajstić information content (AvgIpc) is 3.30. The number of aromatic nitrogens is 3. The van der Waals surface area contributed by atoms with Crippen LogP contribution in [0.1, 0.15) is 0 Å². The molecule has 1 N–H and O–H groups in total. The van der Waals surface area contributed by atoms with E-state index >= 15 is 0 Å². The maximum atomic E-state index is 9.57. The number of hydrogen-bond donors (Lipinski definition) is 1. The predicted molar refractivity (Wildman–Crippen MR) is 113 cm³/mol. The van der Waals surface area contributed by atoms with Gasteiger partial charge in [-0.15, -0.1) is 0 Å². The lowest BCUT2D eigenvalue weighted by atomic mass is 10.2. The van der Waals surface area contributed by atoms with E-state index in [2.05, 4.69) is 15.1 Å². The van der Waals surface area contributed by atoms with Crippen LogP contribution in [0.4, 0.5) is 0 Å². The average molecular weight is 414 g/mol. The lowest BCUT2D eigenvalue weighted by Crippen LogP contribution is -2.09. The lowest BCUT2D eigenvalue weighted by Gasteiger charge is -2.09. The van der Waals surface area contributed by atoms with Crippen molar-refractivity contribution < 1.29 is 19.1 Å². The number of rotatable bonds is 6. The molecular weight excluding hydrogens is 396 g/mol. The van der Waals surface area contributed by atoms with Gasteiger partial charge in [0.2, 0.25) is 0 Å². The zero-order valence-corrected chi connectivity index (χ0v) is 16.4. The zero-order valence-electron chi connectivity index (χ0n) is 16.4. The van der Waals surface area contributed by atoms with E-state index < -0.39 is 0 Å². The Labute approximate surface area is 176 Å². The van der Waals surface area contributed by atoms with E-state index in [-0.39, 0.29) is 0 Å². The van der Waals surface area contributed by atoms with Crippen molar-refractivity contribution in [2.45, 2.75) is 0 Å². The van der Waals surface area contributed by atoms with Crippen LogP contribution >= 0.6 is 0 Å². The first kappa shape index (κ1) is 18.7. The van der Waals surface area contributed by atoms with E-state index in [0.717, 1.165) is 5.52 Å². The summed E-state index contributed by atoms with van der Waals surface area (Å²) >= 11 is 0. The van der Waals surface area contributed by atoms with Crippen LogP contribution in [0, 0.1) is 0 Å². The van der Waals surface area contributed by atoms with Crippen LogP contribution in [0.5, 0.6) is 11.5 Å². The van der Waals surface area contributed by atoms with Crippen molar-refractivity contribution in [3.05, 3.63) is 84.9 Å². The Bertz CT molecular complexity index is 1410. The number of hydrogen-bond acceptors (Lipinski definition) is 7. The molecule has 0 spiro atoms. The summed E-state index contributed by atoms with van der Waals surface area (Å²) in [5, 5.41) is 14.0. The van der Waals surface area contributed by atoms with Crippen LogP contribution in [-0.2, 0) is 0 Å². The number of benzene rings is 1. The Morgan fingerprint density at radius 2 is 1.90 bits per heavy atom. The fraction of sp³-hybridized carbons (Fsp3) is 0.0870. The highest BCUT2D eigenvalue weighted by atomic mass is 16.5. The fourth-order valence-corrected chi connectivity index (χ4v) is 3.27. The molecule has 0 aliphatic heterocycles. The van der Waals surface area contributed by atoms with Crippen LogP contribution in [-0.4, -0.2) is 32.8 Å². The lowest BCUT2D eigenvalue weighted by molar-refractivity contribution is 0.217. The highest BCUT2D eigenvalue weighted by Crippen LogP contribution is 2.24. The largest absolute Gasteiger partial charge is 0.490 e. The minimum Gasteiger partial charge on any atom is -0.490 e. The van der Waals surface area contributed by atoms with Gasteiger partial charge >= 0.3 is 0 Å². The molecule has 1 aromatic carbocycles. The third-order valence-electron chi connectivity index (χ3n) is 4.75. The van der Waals surface area contributed by atoms with E-state index in [1.807, 2.05) is 40.9 Å². The van der Waals surface area contributed by atoms with Gasteiger partial charge in [-0.3, -0.25) is 4.98 Å². The van der Waals surface area contributed by atoms with E-state index in [0.29, 0.717) is 52.5 Å². The summed E-state index contributed by atoms with van der Waals surface area (Å²) in [6, 6.07) is 16.5.